The Morgan fingerprint density at radius 2 is 2.08 bits per heavy atom. The van der Waals surface area contributed by atoms with Crippen molar-refractivity contribution in [3.63, 3.8) is 0 Å². The quantitative estimate of drug-likeness (QED) is 0.645. The molecule has 2 amide bonds. The molecule has 0 saturated carbocycles. The zero-order valence-electron chi connectivity index (χ0n) is 12.9. The van der Waals surface area contributed by atoms with Gasteiger partial charge in [-0.25, -0.2) is 9.78 Å². The highest BCUT2D eigenvalue weighted by atomic mass is 19.3. The van der Waals surface area contributed by atoms with Crippen molar-refractivity contribution in [1.29, 1.82) is 0 Å². The number of imidazole rings is 1. The fraction of sp³-hybridized carbons (Fsp3) is 0.286. The van der Waals surface area contributed by atoms with E-state index in [0.717, 1.165) is 6.20 Å². The number of aryl methyl sites for hydroxylation is 2. The second kappa shape index (κ2) is 7.02. The molecule has 8 nitrogen and oxygen atoms in total. The summed E-state index contributed by atoms with van der Waals surface area (Å²) in [5, 5.41) is 15.8. The van der Waals surface area contributed by atoms with E-state index in [1.54, 1.807) is 19.9 Å². The summed E-state index contributed by atoms with van der Waals surface area (Å²) in [5.74, 6) is -0.00763. The van der Waals surface area contributed by atoms with Gasteiger partial charge in [0.05, 0.1) is 17.2 Å². The van der Waals surface area contributed by atoms with E-state index in [1.165, 1.54) is 12.3 Å². The molecule has 128 valence electrons. The Balaban J connectivity index is 2.06. The van der Waals surface area contributed by atoms with Crippen LogP contribution in [0.2, 0.25) is 0 Å². The molecular formula is C14H15F2N5O3. The van der Waals surface area contributed by atoms with Crippen molar-refractivity contribution in [1.82, 2.24) is 14.9 Å². The van der Waals surface area contributed by atoms with Crippen molar-refractivity contribution in [2.45, 2.75) is 26.9 Å². The van der Waals surface area contributed by atoms with Crippen LogP contribution in [0.15, 0.2) is 24.5 Å². The number of nitro groups is 1. The van der Waals surface area contributed by atoms with Crippen molar-refractivity contribution in [2.24, 2.45) is 0 Å². The van der Waals surface area contributed by atoms with Crippen LogP contribution in [0, 0.1) is 24.0 Å². The smallest absolute Gasteiger partial charge is 0.319 e. The van der Waals surface area contributed by atoms with E-state index in [1.807, 2.05) is 0 Å². The Morgan fingerprint density at radius 3 is 2.71 bits per heavy atom. The first-order valence-electron chi connectivity index (χ1n) is 6.90. The Labute approximate surface area is 135 Å². The zero-order valence-corrected chi connectivity index (χ0v) is 12.9. The number of carbonyl (C=O) groups is 1. The molecule has 0 unspecified atom stereocenters. The number of amides is 2. The zero-order chi connectivity index (χ0) is 17.9. The molecule has 0 radical (unpaired) electrons. The molecule has 2 aromatic rings. The van der Waals surface area contributed by atoms with Gasteiger partial charge in [0.15, 0.2) is 0 Å². The molecular weight excluding hydrogens is 324 g/mol. The first kappa shape index (κ1) is 17.3. The molecule has 0 saturated heterocycles. The van der Waals surface area contributed by atoms with Crippen LogP contribution in [-0.2, 0) is 6.54 Å². The van der Waals surface area contributed by atoms with Gasteiger partial charge in [-0.1, -0.05) is 0 Å². The van der Waals surface area contributed by atoms with E-state index in [0.29, 0.717) is 15.7 Å². The minimum absolute atomic E-state index is 0.00763. The van der Waals surface area contributed by atoms with Gasteiger partial charge in [0.2, 0.25) is 0 Å². The molecule has 1 aromatic carbocycles. The largest absolute Gasteiger partial charge is 0.331 e. The fourth-order valence-corrected chi connectivity index (χ4v) is 2.16. The Bertz CT molecular complexity index is 776. The number of nitro benzene ring substituents is 1. The summed E-state index contributed by atoms with van der Waals surface area (Å²) < 4.78 is 26.0. The van der Waals surface area contributed by atoms with Gasteiger partial charge in [-0.3, -0.25) is 14.7 Å². The van der Waals surface area contributed by atoms with Crippen molar-refractivity contribution in [2.75, 3.05) is 5.32 Å². The third-order valence-electron chi connectivity index (χ3n) is 3.35. The summed E-state index contributed by atoms with van der Waals surface area (Å²) in [6.07, 6.45) is 2.31. The molecule has 0 aliphatic carbocycles. The molecule has 10 heteroatoms. The van der Waals surface area contributed by atoms with Crippen molar-refractivity contribution < 1.29 is 18.5 Å². The summed E-state index contributed by atoms with van der Waals surface area (Å²) in [4.78, 5) is 26.0. The van der Waals surface area contributed by atoms with Gasteiger partial charge in [0.25, 0.3) is 5.69 Å². The number of halogens is 2. The van der Waals surface area contributed by atoms with Gasteiger partial charge >= 0.3 is 12.6 Å². The van der Waals surface area contributed by atoms with E-state index < -0.39 is 17.5 Å². The van der Waals surface area contributed by atoms with E-state index in [9.17, 15) is 23.7 Å². The SMILES string of the molecule is Cc1cc(C)c([N+](=O)[O-])cc1NC(=O)NCc1nccn1C(F)F. The Hall–Kier alpha value is -3.04. The normalized spacial score (nSPS) is 10.7. The first-order chi connectivity index (χ1) is 11.3. The van der Waals surface area contributed by atoms with Crippen LogP contribution in [0.5, 0.6) is 0 Å². The van der Waals surface area contributed by atoms with Gasteiger partial charge in [0, 0.05) is 24.0 Å². The third-order valence-corrected chi connectivity index (χ3v) is 3.35. The molecule has 24 heavy (non-hydrogen) atoms. The third kappa shape index (κ3) is 3.83. The standard InChI is InChI=1S/C14H15F2N5O3/c1-8-5-9(2)11(21(23)24)6-10(8)19-14(22)18-7-12-17-3-4-20(12)13(15)16/h3-6,13H,7H2,1-2H3,(H2,18,19,22). The van der Waals surface area contributed by atoms with Crippen LogP contribution < -0.4 is 10.6 Å². The fourth-order valence-electron chi connectivity index (χ4n) is 2.16. The molecule has 0 aliphatic rings. The van der Waals surface area contributed by atoms with Crippen LogP contribution in [0.3, 0.4) is 0 Å². The van der Waals surface area contributed by atoms with Crippen molar-refractivity contribution in [3.05, 3.63) is 51.6 Å². The number of benzene rings is 1. The van der Waals surface area contributed by atoms with Gasteiger partial charge in [0.1, 0.15) is 5.82 Å². The minimum atomic E-state index is -2.76. The van der Waals surface area contributed by atoms with Gasteiger partial charge in [-0.15, -0.1) is 0 Å². The number of rotatable bonds is 5. The molecule has 0 aliphatic heterocycles. The molecule has 1 heterocycles. The lowest BCUT2D eigenvalue weighted by atomic mass is 10.1. The maximum absolute atomic E-state index is 12.7. The van der Waals surface area contributed by atoms with Crippen LogP contribution in [0.1, 0.15) is 23.5 Å². The molecule has 2 N–H and O–H groups in total. The number of nitrogens with zero attached hydrogens (tertiary/aromatic N) is 3. The van der Waals surface area contributed by atoms with E-state index in [-0.39, 0.29) is 23.7 Å². The number of nitrogens with one attached hydrogen (secondary N) is 2. The van der Waals surface area contributed by atoms with E-state index in [4.69, 9.17) is 0 Å². The van der Waals surface area contributed by atoms with Crippen molar-refractivity contribution in [3.8, 4) is 0 Å². The number of anilines is 1. The van der Waals surface area contributed by atoms with Gasteiger partial charge in [-0.2, -0.15) is 8.78 Å². The number of hydrogen-bond acceptors (Lipinski definition) is 4. The van der Waals surface area contributed by atoms with Crippen molar-refractivity contribution >= 4 is 17.4 Å². The second-order valence-corrected chi connectivity index (χ2v) is 5.05. The predicted octanol–water partition coefficient (Wildman–Crippen LogP) is 3.12. The minimum Gasteiger partial charge on any atom is -0.331 e. The summed E-state index contributed by atoms with van der Waals surface area (Å²) in [5.41, 5.74) is 1.26. The topological polar surface area (TPSA) is 102 Å². The van der Waals surface area contributed by atoms with Crippen LogP contribution in [0.25, 0.3) is 0 Å². The second-order valence-electron chi connectivity index (χ2n) is 5.05. The number of hydrogen-bond donors (Lipinski definition) is 2. The maximum atomic E-state index is 12.7. The molecule has 1 aromatic heterocycles. The van der Waals surface area contributed by atoms with E-state index in [2.05, 4.69) is 15.6 Å². The monoisotopic (exact) mass is 339 g/mol. The molecule has 0 bridgehead atoms. The van der Waals surface area contributed by atoms with Crippen LogP contribution in [0.4, 0.5) is 25.0 Å². The van der Waals surface area contributed by atoms with Gasteiger partial charge < -0.3 is 10.6 Å². The molecule has 2 rings (SSSR count). The number of carbonyl (C=O) groups excluding carboxylic acids is 1. The maximum Gasteiger partial charge on any atom is 0.319 e. The van der Waals surface area contributed by atoms with Crippen LogP contribution in [-0.4, -0.2) is 20.5 Å². The first-order valence-corrected chi connectivity index (χ1v) is 6.90. The highest BCUT2D eigenvalue weighted by Crippen LogP contribution is 2.26. The number of aromatic nitrogens is 2. The summed E-state index contributed by atoms with van der Waals surface area (Å²) in [7, 11) is 0. The predicted molar refractivity (Wildman–Crippen MR) is 81.9 cm³/mol. The number of urea groups is 1. The summed E-state index contributed by atoms with van der Waals surface area (Å²) >= 11 is 0. The Kier molecular flexibility index (Phi) is 5.07. The number of alkyl halides is 2. The summed E-state index contributed by atoms with van der Waals surface area (Å²) in [6, 6.07) is 2.15. The lowest BCUT2D eigenvalue weighted by Gasteiger charge is -2.11. The summed E-state index contributed by atoms with van der Waals surface area (Å²) in [6.45, 7) is 0.319. The lowest BCUT2D eigenvalue weighted by molar-refractivity contribution is -0.385. The highest BCUT2D eigenvalue weighted by Gasteiger charge is 2.16. The molecule has 0 fully saturated rings. The van der Waals surface area contributed by atoms with E-state index >= 15 is 0 Å². The lowest BCUT2D eigenvalue weighted by Crippen LogP contribution is -2.29. The molecule has 0 spiro atoms. The average molecular weight is 339 g/mol. The molecule has 0 atom stereocenters. The van der Waals surface area contributed by atoms with Crippen LogP contribution >= 0.6 is 0 Å². The highest BCUT2D eigenvalue weighted by molar-refractivity contribution is 5.90. The Morgan fingerprint density at radius 1 is 1.38 bits per heavy atom. The average Bonchev–Trinajstić information content (AvgIpc) is 2.96. The van der Waals surface area contributed by atoms with Gasteiger partial charge in [-0.05, 0) is 25.5 Å².